The van der Waals surface area contributed by atoms with Crippen molar-refractivity contribution >= 4 is 62.2 Å². The number of pyridine rings is 1. The molecule has 0 fully saturated rings. The summed E-state index contributed by atoms with van der Waals surface area (Å²) in [5, 5.41) is 6.01. The van der Waals surface area contributed by atoms with Crippen LogP contribution in [0, 0.1) is 0 Å². The molecule has 0 radical (unpaired) electrons. The van der Waals surface area contributed by atoms with Gasteiger partial charge in [0, 0.05) is 37.2 Å². The second-order valence-electron chi connectivity index (χ2n) is 7.46. The summed E-state index contributed by atoms with van der Waals surface area (Å²) in [4.78, 5) is 16.5. The molecule has 4 aromatic rings. The van der Waals surface area contributed by atoms with E-state index in [0.29, 0.717) is 42.8 Å². The Balaban J connectivity index is 1.36. The molecule has 0 unspecified atom stereocenters. The maximum Gasteiger partial charge on any atom is 0.277 e. The monoisotopic (exact) mass is 587 g/mol. The first-order valence-corrected chi connectivity index (χ1v) is 12.2. The Morgan fingerprint density at radius 1 is 1.06 bits per heavy atom. The molecular formula is C26H20BrCl2N3O4. The highest BCUT2D eigenvalue weighted by molar-refractivity contribution is 9.10. The number of hydrazone groups is 1. The third-order valence-corrected chi connectivity index (χ3v) is 6.30. The summed E-state index contributed by atoms with van der Waals surface area (Å²) in [5.41, 5.74) is 4.60. The minimum Gasteiger partial charge on any atom is -0.493 e. The minimum absolute atomic E-state index is 0.211. The van der Waals surface area contributed by atoms with Crippen LogP contribution in [0.5, 0.6) is 17.2 Å². The number of carbonyl (C=O) groups is 1. The first kappa shape index (κ1) is 25.8. The average Bonchev–Trinajstić information content (AvgIpc) is 2.88. The van der Waals surface area contributed by atoms with Crippen molar-refractivity contribution in [1.82, 2.24) is 10.4 Å². The third kappa shape index (κ3) is 6.46. The first-order chi connectivity index (χ1) is 17.4. The maximum atomic E-state index is 12.2. The number of ether oxygens (including phenoxy) is 3. The van der Waals surface area contributed by atoms with E-state index in [4.69, 9.17) is 37.4 Å². The van der Waals surface area contributed by atoms with E-state index in [0.717, 1.165) is 10.9 Å². The number of rotatable bonds is 9. The van der Waals surface area contributed by atoms with E-state index in [9.17, 15) is 4.79 Å². The molecule has 1 aromatic heterocycles. The quantitative estimate of drug-likeness (QED) is 0.180. The molecule has 4 rings (SSSR count). The normalized spacial score (nSPS) is 11.0. The van der Waals surface area contributed by atoms with Crippen molar-refractivity contribution in [2.24, 2.45) is 5.10 Å². The predicted molar refractivity (Wildman–Crippen MR) is 144 cm³/mol. The van der Waals surface area contributed by atoms with Gasteiger partial charge in [0.25, 0.3) is 5.91 Å². The highest BCUT2D eigenvalue weighted by Gasteiger charge is 2.12. The molecule has 0 spiro atoms. The molecule has 36 heavy (non-hydrogen) atoms. The average molecular weight is 589 g/mol. The van der Waals surface area contributed by atoms with E-state index in [1.54, 1.807) is 42.6 Å². The van der Waals surface area contributed by atoms with Crippen LogP contribution < -0.4 is 19.6 Å². The number of methoxy groups -OCH3 is 1. The molecular weight excluding hydrogens is 569 g/mol. The molecule has 7 nitrogen and oxygen atoms in total. The van der Waals surface area contributed by atoms with Gasteiger partial charge in [0.2, 0.25) is 0 Å². The van der Waals surface area contributed by atoms with Gasteiger partial charge in [0.1, 0.15) is 17.9 Å². The van der Waals surface area contributed by atoms with E-state index >= 15 is 0 Å². The number of aromatic nitrogens is 1. The Bertz CT molecular complexity index is 1430. The molecule has 184 valence electrons. The molecule has 1 heterocycles. The molecule has 0 aliphatic heterocycles. The van der Waals surface area contributed by atoms with Crippen molar-refractivity contribution in [2.75, 3.05) is 13.7 Å². The molecule has 3 aromatic carbocycles. The highest BCUT2D eigenvalue weighted by atomic mass is 79.9. The van der Waals surface area contributed by atoms with Crippen LogP contribution in [0.4, 0.5) is 0 Å². The second-order valence-corrected chi connectivity index (χ2v) is 9.16. The Morgan fingerprint density at radius 2 is 1.89 bits per heavy atom. The van der Waals surface area contributed by atoms with Crippen LogP contribution >= 0.6 is 39.1 Å². The molecule has 10 heteroatoms. The summed E-state index contributed by atoms with van der Waals surface area (Å²) in [5.74, 6) is 1.11. The van der Waals surface area contributed by atoms with Gasteiger partial charge >= 0.3 is 0 Å². The molecule has 0 aliphatic rings. The Morgan fingerprint density at radius 3 is 2.69 bits per heavy atom. The number of amides is 1. The summed E-state index contributed by atoms with van der Waals surface area (Å²) in [6, 6.07) is 18.0. The molecule has 0 saturated carbocycles. The lowest BCUT2D eigenvalue weighted by molar-refractivity contribution is -0.123. The Kier molecular flexibility index (Phi) is 8.64. The SMILES string of the molecule is COc1cc(/C=N/NC(=O)COc2cccc3cccnc23)c(Br)cc1OCc1ccc(Cl)cc1Cl. The van der Waals surface area contributed by atoms with Gasteiger partial charge in [0.15, 0.2) is 18.1 Å². The first-order valence-electron chi connectivity index (χ1n) is 10.7. The zero-order chi connectivity index (χ0) is 25.5. The van der Waals surface area contributed by atoms with Gasteiger partial charge in [-0.1, -0.05) is 47.5 Å². The van der Waals surface area contributed by atoms with Gasteiger partial charge in [-0.3, -0.25) is 9.78 Å². The fourth-order valence-electron chi connectivity index (χ4n) is 3.26. The molecule has 1 amide bonds. The van der Waals surface area contributed by atoms with Crippen molar-refractivity contribution in [3.8, 4) is 17.2 Å². The zero-order valence-electron chi connectivity index (χ0n) is 19.0. The van der Waals surface area contributed by atoms with Crippen molar-refractivity contribution in [1.29, 1.82) is 0 Å². The third-order valence-electron chi connectivity index (χ3n) is 5.03. The smallest absolute Gasteiger partial charge is 0.277 e. The van der Waals surface area contributed by atoms with Crippen molar-refractivity contribution in [3.05, 3.63) is 92.5 Å². The molecule has 0 bridgehead atoms. The van der Waals surface area contributed by atoms with Gasteiger partial charge in [-0.15, -0.1) is 0 Å². The van der Waals surface area contributed by atoms with Crippen molar-refractivity contribution in [3.63, 3.8) is 0 Å². The summed E-state index contributed by atoms with van der Waals surface area (Å²) in [7, 11) is 1.54. The van der Waals surface area contributed by atoms with E-state index in [-0.39, 0.29) is 13.2 Å². The lowest BCUT2D eigenvalue weighted by atomic mass is 10.2. The second kappa shape index (κ2) is 12.1. The fourth-order valence-corrected chi connectivity index (χ4v) is 4.15. The number of nitrogens with one attached hydrogen (secondary N) is 1. The number of fused-ring (bicyclic) bond motifs is 1. The largest absolute Gasteiger partial charge is 0.493 e. The zero-order valence-corrected chi connectivity index (χ0v) is 22.1. The van der Waals surface area contributed by atoms with E-state index < -0.39 is 5.91 Å². The minimum atomic E-state index is -0.415. The summed E-state index contributed by atoms with van der Waals surface area (Å²) >= 11 is 15.7. The highest BCUT2D eigenvalue weighted by Crippen LogP contribution is 2.34. The van der Waals surface area contributed by atoms with Gasteiger partial charge in [-0.05, 0) is 52.3 Å². The summed E-state index contributed by atoms with van der Waals surface area (Å²) < 4.78 is 17.7. The number of para-hydroxylation sites is 1. The van der Waals surface area contributed by atoms with Crippen LogP contribution in [0.15, 0.2) is 76.4 Å². The Labute approximate surface area is 226 Å². The molecule has 0 aliphatic carbocycles. The van der Waals surface area contributed by atoms with Crippen molar-refractivity contribution < 1.29 is 19.0 Å². The number of hydrogen-bond donors (Lipinski definition) is 1. The van der Waals surface area contributed by atoms with E-state index in [1.165, 1.54) is 13.3 Å². The molecule has 0 atom stereocenters. The van der Waals surface area contributed by atoms with Crippen LogP contribution in [-0.4, -0.2) is 30.8 Å². The standard InChI is InChI=1S/C26H20BrCl2N3O4/c1-34-23-10-18(20(27)12-24(23)35-14-17-7-8-19(28)11-21(17)29)13-31-32-25(33)15-36-22-6-2-4-16-5-3-9-30-26(16)22/h2-13H,14-15H2,1H3,(H,32,33)/b31-13+. The lowest BCUT2D eigenvalue weighted by Gasteiger charge is -2.13. The van der Waals surface area contributed by atoms with Gasteiger partial charge in [-0.25, -0.2) is 5.43 Å². The predicted octanol–water partition coefficient (Wildman–Crippen LogP) is 6.42. The Hall–Kier alpha value is -3.33. The topological polar surface area (TPSA) is 82.0 Å². The van der Waals surface area contributed by atoms with E-state index in [1.807, 2.05) is 24.3 Å². The van der Waals surface area contributed by atoms with E-state index in [2.05, 4.69) is 31.4 Å². The number of nitrogens with zero attached hydrogens (tertiary/aromatic N) is 2. The summed E-state index contributed by atoms with van der Waals surface area (Å²) in [6.45, 7) is 0.0199. The van der Waals surface area contributed by atoms with Gasteiger partial charge in [-0.2, -0.15) is 5.10 Å². The van der Waals surface area contributed by atoms with Gasteiger partial charge < -0.3 is 14.2 Å². The van der Waals surface area contributed by atoms with Crippen molar-refractivity contribution in [2.45, 2.75) is 6.61 Å². The van der Waals surface area contributed by atoms with Crippen LogP contribution in [0.1, 0.15) is 11.1 Å². The van der Waals surface area contributed by atoms with Crippen LogP contribution in [0.3, 0.4) is 0 Å². The lowest BCUT2D eigenvalue weighted by Crippen LogP contribution is -2.24. The maximum absolute atomic E-state index is 12.2. The number of carbonyl (C=O) groups excluding carboxylic acids is 1. The number of benzene rings is 3. The molecule has 1 N–H and O–H groups in total. The van der Waals surface area contributed by atoms with Crippen LogP contribution in [-0.2, 0) is 11.4 Å². The van der Waals surface area contributed by atoms with Gasteiger partial charge in [0.05, 0.1) is 13.3 Å². The number of hydrogen-bond acceptors (Lipinski definition) is 6. The number of halogens is 3. The van der Waals surface area contributed by atoms with Crippen LogP contribution in [0.2, 0.25) is 10.0 Å². The fraction of sp³-hybridized carbons (Fsp3) is 0.115. The van der Waals surface area contributed by atoms with Crippen LogP contribution in [0.25, 0.3) is 10.9 Å². The molecule has 0 saturated heterocycles. The summed E-state index contributed by atoms with van der Waals surface area (Å²) in [6.07, 6.45) is 3.17.